The van der Waals surface area contributed by atoms with Crippen molar-refractivity contribution in [2.24, 2.45) is 0 Å². The summed E-state index contributed by atoms with van der Waals surface area (Å²) in [6.45, 7) is 0. The van der Waals surface area contributed by atoms with Crippen molar-refractivity contribution >= 4 is 21.7 Å². The normalized spacial score (nSPS) is 26.3. The van der Waals surface area contributed by atoms with Crippen LogP contribution in [0.25, 0.3) is 0 Å². The molecule has 0 aromatic carbocycles. The Balaban J connectivity index is 1.89. The quantitative estimate of drug-likeness (QED) is 0.864. The van der Waals surface area contributed by atoms with Gasteiger partial charge in [0.05, 0.1) is 18.5 Å². The molecule has 0 aliphatic heterocycles. The van der Waals surface area contributed by atoms with Gasteiger partial charge in [-0.3, -0.25) is 0 Å². The second-order valence-corrected chi connectivity index (χ2v) is 4.69. The number of nitrogens with zero attached hydrogens (tertiary/aromatic N) is 2. The Kier molecular flexibility index (Phi) is 3.53. The van der Waals surface area contributed by atoms with Crippen LogP contribution in [0.3, 0.4) is 0 Å². The Morgan fingerprint density at radius 2 is 1.93 bits per heavy atom. The van der Waals surface area contributed by atoms with E-state index in [0.29, 0.717) is 6.04 Å². The Hall–Kier alpha value is -0.680. The minimum absolute atomic E-state index is 0.112. The van der Waals surface area contributed by atoms with Gasteiger partial charge in [0.25, 0.3) is 0 Å². The van der Waals surface area contributed by atoms with E-state index in [0.717, 1.165) is 36.1 Å². The maximum absolute atomic E-state index is 9.37. The summed E-state index contributed by atoms with van der Waals surface area (Å²) in [7, 11) is 0. The van der Waals surface area contributed by atoms with Crippen molar-refractivity contribution in [2.75, 3.05) is 5.32 Å². The van der Waals surface area contributed by atoms with E-state index >= 15 is 0 Å². The molecule has 0 atom stereocenters. The van der Waals surface area contributed by atoms with Crippen LogP contribution in [0, 0.1) is 0 Å². The fourth-order valence-corrected chi connectivity index (χ4v) is 2.02. The fraction of sp³-hybridized carbons (Fsp3) is 0.600. The maximum Gasteiger partial charge on any atom is 0.144 e. The molecule has 0 bridgehead atoms. The van der Waals surface area contributed by atoms with Crippen LogP contribution >= 0.6 is 15.9 Å². The first-order chi connectivity index (χ1) is 7.24. The van der Waals surface area contributed by atoms with E-state index in [4.69, 9.17) is 0 Å². The van der Waals surface area contributed by atoms with E-state index in [1.165, 1.54) is 0 Å². The summed E-state index contributed by atoms with van der Waals surface area (Å²) >= 11 is 3.24. The van der Waals surface area contributed by atoms with E-state index in [-0.39, 0.29) is 6.10 Å². The molecule has 2 N–H and O–H groups in total. The average Bonchev–Trinajstić information content (AvgIpc) is 2.25. The average molecular weight is 272 g/mol. The van der Waals surface area contributed by atoms with Gasteiger partial charge in [0.2, 0.25) is 0 Å². The highest BCUT2D eigenvalue weighted by Gasteiger charge is 2.19. The van der Waals surface area contributed by atoms with Gasteiger partial charge in [0.15, 0.2) is 0 Å². The smallest absolute Gasteiger partial charge is 0.144 e. The lowest BCUT2D eigenvalue weighted by Crippen LogP contribution is -2.28. The van der Waals surface area contributed by atoms with Crippen LogP contribution in [0.15, 0.2) is 17.0 Å². The number of rotatable bonds is 2. The molecule has 1 aromatic heterocycles. The van der Waals surface area contributed by atoms with Crippen molar-refractivity contribution in [2.45, 2.75) is 37.8 Å². The van der Waals surface area contributed by atoms with Gasteiger partial charge in [-0.15, -0.1) is 0 Å². The second-order valence-electron chi connectivity index (χ2n) is 3.87. The lowest BCUT2D eigenvalue weighted by Gasteiger charge is -2.26. The number of nitrogens with one attached hydrogen (secondary N) is 1. The van der Waals surface area contributed by atoms with Crippen molar-refractivity contribution in [1.29, 1.82) is 0 Å². The molecule has 0 unspecified atom stereocenters. The van der Waals surface area contributed by atoms with Crippen LogP contribution in [0.1, 0.15) is 25.7 Å². The summed E-state index contributed by atoms with van der Waals surface area (Å²) in [4.78, 5) is 8.31. The molecular weight excluding hydrogens is 258 g/mol. The van der Waals surface area contributed by atoms with Gasteiger partial charge < -0.3 is 10.4 Å². The molecule has 2 rings (SSSR count). The molecule has 4 nitrogen and oxygen atoms in total. The molecule has 1 aromatic rings. The number of anilines is 1. The first kappa shape index (κ1) is 10.8. The van der Waals surface area contributed by atoms with Gasteiger partial charge >= 0.3 is 0 Å². The molecule has 15 heavy (non-hydrogen) atoms. The van der Waals surface area contributed by atoms with Crippen molar-refractivity contribution in [3.8, 4) is 0 Å². The minimum atomic E-state index is -0.112. The molecule has 0 saturated heterocycles. The molecule has 0 amide bonds. The van der Waals surface area contributed by atoms with Gasteiger partial charge in [-0.25, -0.2) is 9.97 Å². The van der Waals surface area contributed by atoms with E-state index < -0.39 is 0 Å². The first-order valence-corrected chi connectivity index (χ1v) is 5.95. The number of aromatic nitrogens is 2. The van der Waals surface area contributed by atoms with E-state index in [1.54, 1.807) is 12.4 Å². The zero-order valence-electron chi connectivity index (χ0n) is 8.36. The monoisotopic (exact) mass is 271 g/mol. The van der Waals surface area contributed by atoms with Crippen molar-refractivity contribution in [3.05, 3.63) is 17.0 Å². The number of halogens is 1. The summed E-state index contributed by atoms with van der Waals surface area (Å²) in [6, 6.07) is 0.420. The van der Waals surface area contributed by atoms with Crippen molar-refractivity contribution in [1.82, 2.24) is 9.97 Å². The van der Waals surface area contributed by atoms with Gasteiger partial charge in [0, 0.05) is 6.04 Å². The van der Waals surface area contributed by atoms with E-state index in [1.807, 2.05) is 0 Å². The number of aliphatic hydroxyl groups excluding tert-OH is 1. The second kappa shape index (κ2) is 4.90. The van der Waals surface area contributed by atoms with Gasteiger partial charge in [0.1, 0.15) is 10.4 Å². The summed E-state index contributed by atoms with van der Waals surface area (Å²) in [6.07, 6.45) is 7.04. The fourth-order valence-electron chi connectivity index (χ4n) is 1.82. The highest BCUT2D eigenvalue weighted by atomic mass is 79.9. The van der Waals surface area contributed by atoms with Crippen LogP contribution in [0.2, 0.25) is 0 Å². The predicted molar refractivity (Wildman–Crippen MR) is 61.6 cm³/mol. The zero-order chi connectivity index (χ0) is 10.7. The molecule has 82 valence electrons. The lowest BCUT2D eigenvalue weighted by molar-refractivity contribution is 0.126. The van der Waals surface area contributed by atoms with E-state index in [2.05, 4.69) is 31.2 Å². The Morgan fingerprint density at radius 3 is 2.53 bits per heavy atom. The number of hydrogen-bond donors (Lipinski definition) is 2. The van der Waals surface area contributed by atoms with Gasteiger partial charge in [-0.1, -0.05) is 0 Å². The third-order valence-electron chi connectivity index (χ3n) is 2.67. The van der Waals surface area contributed by atoms with Gasteiger partial charge in [-0.2, -0.15) is 0 Å². The van der Waals surface area contributed by atoms with Crippen LogP contribution in [-0.4, -0.2) is 27.2 Å². The summed E-state index contributed by atoms with van der Waals surface area (Å²) in [5.41, 5.74) is 0. The Morgan fingerprint density at radius 1 is 1.20 bits per heavy atom. The van der Waals surface area contributed by atoms with Crippen molar-refractivity contribution in [3.63, 3.8) is 0 Å². The third-order valence-corrected chi connectivity index (χ3v) is 3.08. The zero-order valence-corrected chi connectivity index (χ0v) is 9.94. The van der Waals surface area contributed by atoms with Crippen LogP contribution < -0.4 is 5.32 Å². The molecule has 1 fully saturated rings. The summed E-state index contributed by atoms with van der Waals surface area (Å²) < 4.78 is 0.743. The lowest BCUT2D eigenvalue weighted by atomic mass is 9.93. The highest BCUT2D eigenvalue weighted by Crippen LogP contribution is 2.21. The standard InChI is InChI=1S/C10H14BrN3O/c11-9-5-13-10(6-12-9)14-7-1-3-8(15)4-2-7/h5-8,15H,1-4H2,(H,13,14). The topological polar surface area (TPSA) is 58.0 Å². The molecule has 1 saturated carbocycles. The largest absolute Gasteiger partial charge is 0.393 e. The predicted octanol–water partition coefficient (Wildman–Crippen LogP) is 1.95. The van der Waals surface area contributed by atoms with Crippen molar-refractivity contribution < 1.29 is 5.11 Å². The summed E-state index contributed by atoms with van der Waals surface area (Å²) in [5, 5.41) is 12.7. The highest BCUT2D eigenvalue weighted by molar-refractivity contribution is 9.10. The molecular formula is C10H14BrN3O. The molecule has 0 radical (unpaired) electrons. The molecule has 0 spiro atoms. The van der Waals surface area contributed by atoms with Crippen LogP contribution in [-0.2, 0) is 0 Å². The van der Waals surface area contributed by atoms with Crippen LogP contribution in [0.5, 0.6) is 0 Å². The van der Waals surface area contributed by atoms with E-state index in [9.17, 15) is 5.11 Å². The van der Waals surface area contributed by atoms with Crippen LogP contribution in [0.4, 0.5) is 5.82 Å². The molecule has 5 heteroatoms. The SMILES string of the molecule is OC1CCC(Nc2cnc(Br)cn2)CC1. The van der Waals surface area contributed by atoms with Gasteiger partial charge in [-0.05, 0) is 41.6 Å². The first-order valence-electron chi connectivity index (χ1n) is 5.16. The number of aliphatic hydroxyl groups is 1. The Bertz CT molecular complexity index is 309. The Labute approximate surface area is 97.3 Å². The molecule has 1 aliphatic rings. The molecule has 1 aliphatic carbocycles. The maximum atomic E-state index is 9.37. The summed E-state index contributed by atoms with van der Waals surface area (Å²) in [5.74, 6) is 0.805. The third kappa shape index (κ3) is 3.14. The number of hydrogen-bond acceptors (Lipinski definition) is 4. The minimum Gasteiger partial charge on any atom is -0.393 e. The molecule has 1 heterocycles.